The average Bonchev–Trinajstić information content (AvgIpc) is 3.15. The van der Waals surface area contributed by atoms with Crippen LogP contribution >= 0.6 is 0 Å². The molecule has 9 unspecified atom stereocenters. The number of ether oxygens (including phenoxy) is 1. The fraction of sp³-hybridized carbons (Fsp3) is 1.00. The minimum absolute atomic E-state index is 0.0982. The highest BCUT2D eigenvalue weighted by atomic mass is 16.6. The fourth-order valence-corrected chi connectivity index (χ4v) is 10.7. The molecule has 0 aromatic heterocycles. The van der Waals surface area contributed by atoms with E-state index in [1.807, 2.05) is 0 Å². The molecule has 2 heteroatoms. The zero-order valence-electron chi connectivity index (χ0n) is 20.0. The minimum atomic E-state index is -0.530. The molecule has 1 saturated heterocycles. The standard InChI is InChI=1S/C27H46O2/c1-23(2)13-7-14-24(3)20(23)11-16-26(5)21(24)9-8-18-19(10-15-25(18,26)4)27(6)17-12-22(28)29-27/h18-22,28H,7-17H2,1-6H3. The number of fused-ring (bicyclic) bond motifs is 5. The second-order valence-electron chi connectivity index (χ2n) is 13.6. The molecule has 5 rings (SSSR count). The van der Waals surface area contributed by atoms with Gasteiger partial charge in [-0.2, -0.15) is 0 Å². The monoisotopic (exact) mass is 402 g/mol. The first-order valence-electron chi connectivity index (χ1n) is 12.8. The first kappa shape index (κ1) is 20.8. The number of rotatable bonds is 1. The van der Waals surface area contributed by atoms with Gasteiger partial charge < -0.3 is 9.84 Å². The van der Waals surface area contributed by atoms with Crippen LogP contribution in [0.3, 0.4) is 0 Å². The van der Waals surface area contributed by atoms with Gasteiger partial charge in [0.25, 0.3) is 0 Å². The van der Waals surface area contributed by atoms with Gasteiger partial charge in [0, 0.05) is 6.42 Å². The van der Waals surface area contributed by atoms with E-state index >= 15 is 0 Å². The van der Waals surface area contributed by atoms with Crippen molar-refractivity contribution in [1.29, 1.82) is 0 Å². The summed E-state index contributed by atoms with van der Waals surface area (Å²) in [5, 5.41) is 10.1. The molecule has 1 aliphatic heterocycles. The van der Waals surface area contributed by atoms with Crippen LogP contribution in [0.1, 0.15) is 112 Å². The van der Waals surface area contributed by atoms with Crippen LogP contribution in [0.4, 0.5) is 0 Å². The van der Waals surface area contributed by atoms with Gasteiger partial charge in [0.15, 0.2) is 6.29 Å². The van der Waals surface area contributed by atoms with Crippen LogP contribution in [0.2, 0.25) is 0 Å². The Hall–Kier alpha value is -0.0800. The average molecular weight is 403 g/mol. The number of aliphatic hydroxyl groups is 1. The van der Waals surface area contributed by atoms with Crippen LogP contribution in [0.25, 0.3) is 0 Å². The normalized spacial score (nSPS) is 59.1. The molecule has 0 bridgehead atoms. The van der Waals surface area contributed by atoms with Crippen molar-refractivity contribution in [3.05, 3.63) is 0 Å². The summed E-state index contributed by atoms with van der Waals surface area (Å²) < 4.78 is 6.18. The maximum Gasteiger partial charge on any atom is 0.155 e. The van der Waals surface area contributed by atoms with Crippen LogP contribution in [0.5, 0.6) is 0 Å². The van der Waals surface area contributed by atoms with Crippen LogP contribution < -0.4 is 0 Å². The molecule has 4 aliphatic carbocycles. The molecule has 166 valence electrons. The van der Waals surface area contributed by atoms with Crippen molar-refractivity contribution >= 4 is 0 Å². The summed E-state index contributed by atoms with van der Waals surface area (Å²) in [5.74, 6) is 3.20. The molecule has 9 atom stereocenters. The second-order valence-corrected chi connectivity index (χ2v) is 13.6. The fourth-order valence-electron chi connectivity index (χ4n) is 10.7. The molecule has 0 radical (unpaired) electrons. The van der Waals surface area contributed by atoms with Gasteiger partial charge in [0.2, 0.25) is 0 Å². The van der Waals surface area contributed by atoms with Gasteiger partial charge in [0.1, 0.15) is 0 Å². The van der Waals surface area contributed by atoms with Crippen molar-refractivity contribution in [2.24, 2.45) is 45.3 Å². The number of aliphatic hydroxyl groups excluding tert-OH is 1. The maximum atomic E-state index is 10.1. The van der Waals surface area contributed by atoms with Crippen molar-refractivity contribution < 1.29 is 9.84 Å². The number of hydrogen-bond acceptors (Lipinski definition) is 2. The van der Waals surface area contributed by atoms with Gasteiger partial charge in [-0.1, -0.05) is 41.0 Å². The Kier molecular flexibility index (Phi) is 4.48. The predicted molar refractivity (Wildman–Crippen MR) is 118 cm³/mol. The molecule has 0 aromatic rings. The molecule has 1 heterocycles. The van der Waals surface area contributed by atoms with Crippen molar-refractivity contribution in [3.8, 4) is 0 Å². The van der Waals surface area contributed by atoms with E-state index in [1.165, 1.54) is 57.8 Å². The van der Waals surface area contributed by atoms with Gasteiger partial charge >= 0.3 is 0 Å². The smallest absolute Gasteiger partial charge is 0.155 e. The van der Waals surface area contributed by atoms with E-state index < -0.39 is 6.29 Å². The lowest BCUT2D eigenvalue weighted by Crippen LogP contribution is -2.62. The minimum Gasteiger partial charge on any atom is -0.368 e. The molecule has 1 N–H and O–H groups in total. The lowest BCUT2D eigenvalue weighted by molar-refractivity contribution is -0.214. The van der Waals surface area contributed by atoms with Crippen LogP contribution in [-0.2, 0) is 4.74 Å². The molecule has 29 heavy (non-hydrogen) atoms. The maximum absolute atomic E-state index is 10.1. The highest BCUT2D eigenvalue weighted by molar-refractivity contribution is 5.17. The quantitative estimate of drug-likeness (QED) is 0.514. The van der Waals surface area contributed by atoms with Crippen molar-refractivity contribution in [1.82, 2.24) is 0 Å². The van der Waals surface area contributed by atoms with E-state index in [-0.39, 0.29) is 5.60 Å². The second kappa shape index (κ2) is 6.25. The van der Waals surface area contributed by atoms with Crippen molar-refractivity contribution in [2.45, 2.75) is 124 Å². The van der Waals surface area contributed by atoms with Gasteiger partial charge in [-0.05, 0) is 110 Å². The molecule has 0 aromatic carbocycles. The molecular weight excluding hydrogens is 356 g/mol. The Bertz CT molecular complexity index is 671. The SMILES string of the molecule is CC1(C)CCCC2(C)C1CCC1(C)C2CCC2C(C3(C)CCC(O)O3)CCC21C. The summed E-state index contributed by atoms with van der Waals surface area (Å²) in [7, 11) is 0. The predicted octanol–water partition coefficient (Wildman–Crippen LogP) is 6.95. The van der Waals surface area contributed by atoms with E-state index in [2.05, 4.69) is 41.5 Å². The Balaban J connectivity index is 1.48. The van der Waals surface area contributed by atoms with Crippen molar-refractivity contribution in [2.75, 3.05) is 0 Å². The van der Waals surface area contributed by atoms with Gasteiger partial charge in [-0.3, -0.25) is 0 Å². The third kappa shape index (κ3) is 2.60. The van der Waals surface area contributed by atoms with E-state index in [0.29, 0.717) is 27.6 Å². The topological polar surface area (TPSA) is 29.5 Å². The van der Waals surface area contributed by atoms with E-state index in [4.69, 9.17) is 4.74 Å². The van der Waals surface area contributed by atoms with Gasteiger partial charge in [-0.15, -0.1) is 0 Å². The van der Waals surface area contributed by atoms with Crippen LogP contribution in [0, 0.1) is 45.3 Å². The molecule has 4 saturated carbocycles. The van der Waals surface area contributed by atoms with Crippen molar-refractivity contribution in [3.63, 3.8) is 0 Å². The Morgan fingerprint density at radius 3 is 2.07 bits per heavy atom. The van der Waals surface area contributed by atoms with E-state index in [1.54, 1.807) is 0 Å². The summed E-state index contributed by atoms with van der Waals surface area (Å²) in [5.41, 5.74) is 1.86. The highest BCUT2D eigenvalue weighted by Gasteiger charge is 2.69. The van der Waals surface area contributed by atoms with Gasteiger partial charge in [-0.25, -0.2) is 0 Å². The lowest BCUT2D eigenvalue weighted by Gasteiger charge is -2.69. The molecule has 0 amide bonds. The Labute approximate surface area is 179 Å². The summed E-state index contributed by atoms with van der Waals surface area (Å²) in [6.07, 6.45) is 14.0. The Morgan fingerprint density at radius 2 is 1.38 bits per heavy atom. The summed E-state index contributed by atoms with van der Waals surface area (Å²) in [4.78, 5) is 0. The molecule has 5 aliphatic rings. The molecule has 0 spiro atoms. The van der Waals surface area contributed by atoms with Crippen LogP contribution in [-0.4, -0.2) is 17.0 Å². The highest BCUT2D eigenvalue weighted by Crippen LogP contribution is 2.76. The molecule has 5 fully saturated rings. The Morgan fingerprint density at radius 1 is 0.655 bits per heavy atom. The van der Waals surface area contributed by atoms with E-state index in [0.717, 1.165) is 30.6 Å². The first-order valence-corrected chi connectivity index (χ1v) is 12.8. The lowest BCUT2D eigenvalue weighted by atomic mass is 9.35. The number of hydrogen-bond donors (Lipinski definition) is 1. The first-order chi connectivity index (χ1) is 13.5. The zero-order valence-corrected chi connectivity index (χ0v) is 20.0. The largest absolute Gasteiger partial charge is 0.368 e. The third-order valence-corrected chi connectivity index (χ3v) is 12.2. The summed E-state index contributed by atoms with van der Waals surface area (Å²) in [6.45, 7) is 15.5. The van der Waals surface area contributed by atoms with Gasteiger partial charge in [0.05, 0.1) is 5.60 Å². The van der Waals surface area contributed by atoms with E-state index in [9.17, 15) is 5.11 Å². The molecule has 2 nitrogen and oxygen atoms in total. The summed E-state index contributed by atoms with van der Waals surface area (Å²) >= 11 is 0. The van der Waals surface area contributed by atoms with Crippen LogP contribution in [0.15, 0.2) is 0 Å². The third-order valence-electron chi connectivity index (χ3n) is 12.2. The molecular formula is C27H46O2. The summed E-state index contributed by atoms with van der Waals surface area (Å²) in [6, 6.07) is 0. The zero-order chi connectivity index (χ0) is 20.9.